The number of benzene rings is 2. The van der Waals surface area contributed by atoms with Crippen molar-refractivity contribution in [2.24, 2.45) is 5.92 Å². The first-order chi connectivity index (χ1) is 15.3. The number of fused-ring (bicyclic) bond motifs is 3. The van der Waals surface area contributed by atoms with Crippen LogP contribution in [0.2, 0.25) is 0 Å². The fourth-order valence-corrected chi connectivity index (χ4v) is 4.17. The fraction of sp³-hybridized carbons (Fsp3) is 0.400. The zero-order valence-electron chi connectivity index (χ0n) is 18.7. The molecule has 1 aliphatic carbocycles. The molecule has 2 aromatic rings. The van der Waals surface area contributed by atoms with Gasteiger partial charge in [-0.05, 0) is 28.7 Å². The average molecular weight is 439 g/mol. The van der Waals surface area contributed by atoms with Crippen molar-refractivity contribution < 1.29 is 24.2 Å². The molecule has 3 rings (SSSR count). The Balaban J connectivity index is 1.64. The van der Waals surface area contributed by atoms with Crippen molar-refractivity contribution in [3.05, 3.63) is 59.7 Å². The third kappa shape index (κ3) is 5.10. The standard InChI is InChI=1S/C25H30N2O5/c1-4-9-22(23(28)27(3)14-16(2)24(29)30)26-25(31)32-15-21-19-12-7-5-10-17(19)18-11-6-8-13-20(18)21/h5-8,10-13,16,21-22H,4,9,14-15H2,1-3H3,(H,26,31)(H,29,30). The van der Waals surface area contributed by atoms with Crippen LogP contribution in [0.5, 0.6) is 0 Å². The molecule has 170 valence electrons. The number of carboxylic acid groups (broad SMARTS) is 1. The Morgan fingerprint density at radius 3 is 2.16 bits per heavy atom. The molecule has 0 saturated carbocycles. The number of alkyl carbamates (subject to hydrolysis) is 1. The lowest BCUT2D eigenvalue weighted by Crippen LogP contribution is -2.49. The normalized spacial score (nSPS) is 14.1. The van der Waals surface area contributed by atoms with Gasteiger partial charge in [-0.15, -0.1) is 0 Å². The van der Waals surface area contributed by atoms with Crippen LogP contribution in [0.3, 0.4) is 0 Å². The summed E-state index contributed by atoms with van der Waals surface area (Å²) in [6.07, 6.45) is 0.468. The molecule has 2 amide bonds. The van der Waals surface area contributed by atoms with Crippen LogP contribution < -0.4 is 5.32 Å². The molecule has 2 N–H and O–H groups in total. The monoisotopic (exact) mass is 438 g/mol. The van der Waals surface area contributed by atoms with Gasteiger partial charge in [-0.25, -0.2) is 4.79 Å². The third-order valence-electron chi connectivity index (χ3n) is 5.86. The molecule has 0 spiro atoms. The van der Waals surface area contributed by atoms with E-state index in [1.54, 1.807) is 14.0 Å². The number of likely N-dealkylation sites (N-methyl/N-ethyl adjacent to an activating group) is 1. The zero-order chi connectivity index (χ0) is 23.3. The van der Waals surface area contributed by atoms with Crippen molar-refractivity contribution >= 4 is 18.0 Å². The molecule has 0 fully saturated rings. The summed E-state index contributed by atoms with van der Waals surface area (Å²) in [4.78, 5) is 37.8. The van der Waals surface area contributed by atoms with E-state index in [1.165, 1.54) is 4.90 Å². The van der Waals surface area contributed by atoms with Gasteiger partial charge in [0.15, 0.2) is 0 Å². The number of hydrogen-bond donors (Lipinski definition) is 2. The SMILES string of the molecule is CCCC(NC(=O)OCC1c2ccccc2-c2ccccc21)C(=O)N(C)CC(C)C(=O)O. The molecule has 32 heavy (non-hydrogen) atoms. The zero-order valence-corrected chi connectivity index (χ0v) is 18.7. The van der Waals surface area contributed by atoms with Gasteiger partial charge in [-0.3, -0.25) is 9.59 Å². The Kier molecular flexibility index (Phi) is 7.51. The van der Waals surface area contributed by atoms with Crippen LogP contribution in [-0.4, -0.2) is 54.2 Å². The number of hydrogen-bond acceptors (Lipinski definition) is 4. The molecule has 1 aliphatic rings. The van der Waals surface area contributed by atoms with Crippen LogP contribution in [0.15, 0.2) is 48.5 Å². The highest BCUT2D eigenvalue weighted by molar-refractivity contribution is 5.86. The predicted octanol–water partition coefficient (Wildman–Crippen LogP) is 3.87. The lowest BCUT2D eigenvalue weighted by atomic mass is 9.98. The molecule has 2 aromatic carbocycles. The molecule has 0 aromatic heterocycles. The minimum Gasteiger partial charge on any atom is -0.481 e. The number of carbonyl (C=O) groups excluding carboxylic acids is 2. The van der Waals surface area contributed by atoms with Gasteiger partial charge >= 0.3 is 12.1 Å². The van der Waals surface area contributed by atoms with Gasteiger partial charge in [-0.1, -0.05) is 68.8 Å². The van der Waals surface area contributed by atoms with E-state index in [9.17, 15) is 14.4 Å². The Bertz CT molecular complexity index is 944. The summed E-state index contributed by atoms with van der Waals surface area (Å²) in [7, 11) is 1.55. The van der Waals surface area contributed by atoms with Gasteiger partial charge in [0.25, 0.3) is 0 Å². The number of aliphatic carboxylic acids is 1. The summed E-state index contributed by atoms with van der Waals surface area (Å²) < 4.78 is 5.55. The number of ether oxygens (including phenoxy) is 1. The summed E-state index contributed by atoms with van der Waals surface area (Å²) in [6.45, 7) is 3.69. The summed E-state index contributed by atoms with van der Waals surface area (Å²) >= 11 is 0. The van der Waals surface area contributed by atoms with E-state index in [-0.39, 0.29) is 25.0 Å². The van der Waals surface area contributed by atoms with Crippen molar-refractivity contribution in [3.8, 4) is 11.1 Å². The summed E-state index contributed by atoms with van der Waals surface area (Å²) in [5, 5.41) is 11.8. The molecule has 0 heterocycles. The van der Waals surface area contributed by atoms with E-state index in [0.29, 0.717) is 12.8 Å². The van der Waals surface area contributed by atoms with Crippen LogP contribution in [-0.2, 0) is 14.3 Å². The van der Waals surface area contributed by atoms with E-state index in [2.05, 4.69) is 17.4 Å². The second-order valence-electron chi connectivity index (χ2n) is 8.27. The Morgan fingerprint density at radius 1 is 1.06 bits per heavy atom. The highest BCUT2D eigenvalue weighted by Gasteiger charge is 2.30. The maximum absolute atomic E-state index is 12.8. The predicted molar refractivity (Wildman–Crippen MR) is 121 cm³/mol. The number of rotatable bonds is 9. The molecule has 0 aliphatic heterocycles. The van der Waals surface area contributed by atoms with Gasteiger partial charge in [0.05, 0.1) is 5.92 Å². The van der Waals surface area contributed by atoms with Crippen molar-refractivity contribution in [1.29, 1.82) is 0 Å². The van der Waals surface area contributed by atoms with E-state index >= 15 is 0 Å². The molecule has 0 radical (unpaired) electrons. The smallest absolute Gasteiger partial charge is 0.407 e. The second kappa shape index (κ2) is 10.3. The van der Waals surface area contributed by atoms with Crippen molar-refractivity contribution in [2.45, 2.75) is 38.6 Å². The van der Waals surface area contributed by atoms with Crippen molar-refractivity contribution in [1.82, 2.24) is 10.2 Å². The quantitative estimate of drug-likeness (QED) is 0.620. The minimum absolute atomic E-state index is 0.0624. The number of carbonyl (C=O) groups is 3. The molecular formula is C25H30N2O5. The first-order valence-corrected chi connectivity index (χ1v) is 10.9. The number of nitrogens with zero attached hydrogens (tertiary/aromatic N) is 1. The van der Waals surface area contributed by atoms with Gasteiger partial charge in [0.1, 0.15) is 12.6 Å². The van der Waals surface area contributed by atoms with Gasteiger partial charge in [0.2, 0.25) is 5.91 Å². The largest absolute Gasteiger partial charge is 0.481 e. The highest BCUT2D eigenvalue weighted by atomic mass is 16.5. The number of amides is 2. The van der Waals surface area contributed by atoms with Crippen LogP contribution in [0.4, 0.5) is 4.79 Å². The maximum Gasteiger partial charge on any atom is 0.407 e. The van der Waals surface area contributed by atoms with Crippen LogP contribution in [0, 0.1) is 5.92 Å². The molecule has 2 atom stereocenters. The topological polar surface area (TPSA) is 95.9 Å². The molecule has 0 saturated heterocycles. The van der Waals surface area contributed by atoms with Crippen LogP contribution in [0.25, 0.3) is 11.1 Å². The molecule has 7 heteroatoms. The van der Waals surface area contributed by atoms with E-state index in [4.69, 9.17) is 9.84 Å². The minimum atomic E-state index is -0.971. The summed E-state index contributed by atoms with van der Waals surface area (Å²) in [5.41, 5.74) is 4.52. The fourth-order valence-electron chi connectivity index (χ4n) is 4.17. The lowest BCUT2D eigenvalue weighted by molar-refractivity contribution is -0.143. The summed E-state index contributed by atoms with van der Waals surface area (Å²) in [6, 6.07) is 15.4. The lowest BCUT2D eigenvalue weighted by Gasteiger charge is -2.25. The van der Waals surface area contributed by atoms with Gasteiger partial charge in [-0.2, -0.15) is 0 Å². The molecule has 2 unspecified atom stereocenters. The van der Waals surface area contributed by atoms with E-state index < -0.39 is 24.0 Å². The third-order valence-corrected chi connectivity index (χ3v) is 5.86. The Morgan fingerprint density at radius 2 is 1.62 bits per heavy atom. The van der Waals surface area contributed by atoms with Crippen molar-refractivity contribution in [2.75, 3.05) is 20.2 Å². The van der Waals surface area contributed by atoms with E-state index in [1.807, 2.05) is 43.3 Å². The maximum atomic E-state index is 12.8. The van der Waals surface area contributed by atoms with E-state index in [0.717, 1.165) is 22.3 Å². The van der Waals surface area contributed by atoms with Gasteiger partial charge in [0, 0.05) is 19.5 Å². The molecule has 7 nitrogen and oxygen atoms in total. The Hall–Kier alpha value is -3.35. The van der Waals surface area contributed by atoms with Gasteiger partial charge < -0.3 is 20.1 Å². The van der Waals surface area contributed by atoms with Crippen LogP contribution in [0.1, 0.15) is 43.7 Å². The highest BCUT2D eigenvalue weighted by Crippen LogP contribution is 2.44. The summed E-state index contributed by atoms with van der Waals surface area (Å²) in [5.74, 6) is -2.05. The first-order valence-electron chi connectivity index (χ1n) is 10.9. The number of carboxylic acids is 1. The number of nitrogens with one attached hydrogen (secondary N) is 1. The molecular weight excluding hydrogens is 408 g/mol. The first kappa shape index (κ1) is 23.3. The Labute approximate surface area is 188 Å². The second-order valence-corrected chi connectivity index (χ2v) is 8.27. The average Bonchev–Trinajstić information content (AvgIpc) is 3.10. The molecule has 0 bridgehead atoms. The van der Waals surface area contributed by atoms with Crippen molar-refractivity contribution in [3.63, 3.8) is 0 Å². The van der Waals surface area contributed by atoms with Crippen LogP contribution >= 0.6 is 0 Å².